The van der Waals surface area contributed by atoms with Crippen molar-refractivity contribution in [3.8, 4) is 0 Å². The minimum atomic E-state index is 0.588. The summed E-state index contributed by atoms with van der Waals surface area (Å²) in [4.78, 5) is 5.08. The SMILES string of the molecule is Cc1nc(CC2COCCC2Br)cs1. The monoisotopic (exact) mass is 275 g/mol. The van der Waals surface area contributed by atoms with Gasteiger partial charge in [-0.25, -0.2) is 4.98 Å². The first-order valence-electron chi connectivity index (χ1n) is 4.88. The minimum absolute atomic E-state index is 0.588. The van der Waals surface area contributed by atoms with Gasteiger partial charge in [0.25, 0.3) is 0 Å². The van der Waals surface area contributed by atoms with Gasteiger partial charge in [-0.2, -0.15) is 0 Å². The largest absolute Gasteiger partial charge is 0.381 e. The van der Waals surface area contributed by atoms with Crippen LogP contribution in [0, 0.1) is 12.8 Å². The first kappa shape index (κ1) is 10.6. The average Bonchev–Trinajstić information content (AvgIpc) is 2.56. The van der Waals surface area contributed by atoms with Gasteiger partial charge in [-0.3, -0.25) is 0 Å². The van der Waals surface area contributed by atoms with Crippen LogP contribution in [0.2, 0.25) is 0 Å². The summed E-state index contributed by atoms with van der Waals surface area (Å²) >= 11 is 5.44. The third-order valence-corrected chi connectivity index (χ3v) is 4.55. The van der Waals surface area contributed by atoms with Crippen LogP contribution in [-0.2, 0) is 11.2 Å². The van der Waals surface area contributed by atoms with Crippen LogP contribution in [0.1, 0.15) is 17.1 Å². The molecule has 0 saturated carbocycles. The third kappa shape index (κ3) is 2.55. The lowest BCUT2D eigenvalue weighted by molar-refractivity contribution is 0.0602. The van der Waals surface area contributed by atoms with Crippen LogP contribution in [0.25, 0.3) is 0 Å². The summed E-state index contributed by atoms with van der Waals surface area (Å²) in [5, 5.41) is 3.31. The molecule has 0 bridgehead atoms. The van der Waals surface area contributed by atoms with Crippen molar-refractivity contribution in [2.24, 2.45) is 5.92 Å². The molecule has 2 nitrogen and oxygen atoms in total. The van der Waals surface area contributed by atoms with Crippen molar-refractivity contribution in [2.75, 3.05) is 13.2 Å². The van der Waals surface area contributed by atoms with Crippen LogP contribution in [0.4, 0.5) is 0 Å². The summed E-state index contributed by atoms with van der Waals surface area (Å²) in [5.74, 6) is 0.588. The summed E-state index contributed by atoms with van der Waals surface area (Å²) in [6.07, 6.45) is 2.16. The average molecular weight is 276 g/mol. The summed E-state index contributed by atoms with van der Waals surface area (Å²) in [6, 6.07) is 0. The number of aryl methyl sites for hydroxylation is 1. The smallest absolute Gasteiger partial charge is 0.0897 e. The van der Waals surface area contributed by atoms with E-state index in [4.69, 9.17) is 4.74 Å². The summed E-state index contributed by atoms with van der Waals surface area (Å²) in [7, 11) is 0. The van der Waals surface area contributed by atoms with Gasteiger partial charge in [-0.1, -0.05) is 15.9 Å². The standard InChI is InChI=1S/C10H14BrNOS/c1-7-12-9(6-14-7)4-8-5-13-3-2-10(8)11/h6,8,10H,2-5H2,1H3. The molecule has 4 heteroatoms. The van der Waals surface area contributed by atoms with Gasteiger partial charge in [-0.15, -0.1) is 11.3 Å². The lowest BCUT2D eigenvalue weighted by atomic mass is 9.97. The van der Waals surface area contributed by atoms with E-state index < -0.39 is 0 Å². The Labute approximate surface area is 96.8 Å². The molecule has 14 heavy (non-hydrogen) atoms. The number of hydrogen-bond donors (Lipinski definition) is 0. The van der Waals surface area contributed by atoms with E-state index in [0.717, 1.165) is 31.1 Å². The van der Waals surface area contributed by atoms with E-state index in [1.807, 2.05) is 0 Å². The molecule has 1 fully saturated rings. The highest BCUT2D eigenvalue weighted by Gasteiger charge is 2.24. The molecule has 2 unspecified atom stereocenters. The highest BCUT2D eigenvalue weighted by Crippen LogP contribution is 2.25. The molecule has 78 valence electrons. The molecule has 2 rings (SSSR count). The second kappa shape index (κ2) is 4.73. The van der Waals surface area contributed by atoms with Crippen LogP contribution >= 0.6 is 27.3 Å². The fourth-order valence-corrected chi connectivity index (χ4v) is 2.88. The predicted molar refractivity (Wildman–Crippen MR) is 62.2 cm³/mol. The number of nitrogens with zero attached hydrogens (tertiary/aromatic N) is 1. The van der Waals surface area contributed by atoms with Crippen LogP contribution < -0.4 is 0 Å². The Balaban J connectivity index is 1.95. The summed E-state index contributed by atoms with van der Waals surface area (Å²) in [5.41, 5.74) is 1.22. The molecule has 1 aliphatic rings. The van der Waals surface area contributed by atoms with Gasteiger partial charge in [0.1, 0.15) is 0 Å². The molecule has 1 saturated heterocycles. The number of alkyl halides is 1. The molecule has 0 spiro atoms. The Morgan fingerprint density at radius 1 is 1.71 bits per heavy atom. The van der Waals surface area contributed by atoms with Crippen molar-refractivity contribution < 1.29 is 4.74 Å². The minimum Gasteiger partial charge on any atom is -0.381 e. The number of hydrogen-bond acceptors (Lipinski definition) is 3. The summed E-state index contributed by atoms with van der Waals surface area (Å²) < 4.78 is 5.48. The molecule has 1 aliphatic heterocycles. The number of aromatic nitrogens is 1. The highest BCUT2D eigenvalue weighted by molar-refractivity contribution is 9.09. The van der Waals surface area contributed by atoms with Crippen molar-refractivity contribution in [1.29, 1.82) is 0 Å². The topological polar surface area (TPSA) is 22.1 Å². The predicted octanol–water partition coefficient (Wildman–Crippen LogP) is 2.79. The quantitative estimate of drug-likeness (QED) is 0.775. The molecule has 0 N–H and O–H groups in total. The maximum Gasteiger partial charge on any atom is 0.0897 e. The molecule has 0 aliphatic carbocycles. The Morgan fingerprint density at radius 3 is 3.21 bits per heavy atom. The zero-order chi connectivity index (χ0) is 9.97. The van der Waals surface area contributed by atoms with Gasteiger partial charge in [0.2, 0.25) is 0 Å². The number of ether oxygens (including phenoxy) is 1. The first-order chi connectivity index (χ1) is 6.75. The zero-order valence-electron chi connectivity index (χ0n) is 8.20. The van der Waals surface area contributed by atoms with Crippen LogP contribution in [0.15, 0.2) is 5.38 Å². The summed E-state index contributed by atoms with van der Waals surface area (Å²) in [6.45, 7) is 3.81. The normalized spacial score (nSPS) is 27.9. The Morgan fingerprint density at radius 2 is 2.57 bits per heavy atom. The Kier molecular flexibility index (Phi) is 3.57. The van der Waals surface area contributed by atoms with Gasteiger partial charge in [0.15, 0.2) is 0 Å². The van der Waals surface area contributed by atoms with Crippen molar-refractivity contribution in [2.45, 2.75) is 24.6 Å². The molecule has 0 amide bonds. The van der Waals surface area contributed by atoms with E-state index in [2.05, 4.69) is 33.2 Å². The van der Waals surface area contributed by atoms with Crippen molar-refractivity contribution in [1.82, 2.24) is 4.98 Å². The van der Waals surface area contributed by atoms with E-state index in [9.17, 15) is 0 Å². The van der Waals surface area contributed by atoms with E-state index in [0.29, 0.717) is 10.7 Å². The molecule has 2 heterocycles. The maximum atomic E-state index is 5.48. The molecule has 2 atom stereocenters. The lowest BCUT2D eigenvalue weighted by Crippen LogP contribution is -2.29. The van der Waals surface area contributed by atoms with E-state index in [-0.39, 0.29) is 0 Å². The zero-order valence-corrected chi connectivity index (χ0v) is 10.6. The molecular weight excluding hydrogens is 262 g/mol. The van der Waals surface area contributed by atoms with Gasteiger partial charge in [0.05, 0.1) is 17.3 Å². The van der Waals surface area contributed by atoms with Gasteiger partial charge < -0.3 is 4.74 Å². The number of thiazole rings is 1. The molecule has 0 aromatic carbocycles. The highest BCUT2D eigenvalue weighted by atomic mass is 79.9. The van der Waals surface area contributed by atoms with Gasteiger partial charge >= 0.3 is 0 Å². The molecule has 1 aromatic rings. The second-order valence-corrected chi connectivity index (χ2v) is 5.94. The molecular formula is C10H14BrNOS. The third-order valence-electron chi connectivity index (χ3n) is 2.52. The van der Waals surface area contributed by atoms with E-state index in [1.54, 1.807) is 11.3 Å². The molecule has 1 aromatic heterocycles. The van der Waals surface area contributed by atoms with Crippen LogP contribution in [-0.4, -0.2) is 23.0 Å². The van der Waals surface area contributed by atoms with E-state index >= 15 is 0 Å². The van der Waals surface area contributed by atoms with Crippen molar-refractivity contribution >= 4 is 27.3 Å². The van der Waals surface area contributed by atoms with E-state index in [1.165, 1.54) is 5.69 Å². The van der Waals surface area contributed by atoms with Gasteiger partial charge in [0, 0.05) is 22.7 Å². The van der Waals surface area contributed by atoms with Crippen molar-refractivity contribution in [3.63, 3.8) is 0 Å². The maximum absolute atomic E-state index is 5.48. The van der Waals surface area contributed by atoms with Crippen LogP contribution in [0.3, 0.4) is 0 Å². The van der Waals surface area contributed by atoms with Gasteiger partial charge in [-0.05, 0) is 19.8 Å². The second-order valence-electron chi connectivity index (χ2n) is 3.70. The van der Waals surface area contributed by atoms with Crippen LogP contribution in [0.5, 0.6) is 0 Å². The fraction of sp³-hybridized carbons (Fsp3) is 0.700. The first-order valence-corrected chi connectivity index (χ1v) is 6.68. The number of rotatable bonds is 2. The number of halogens is 1. The Hall–Kier alpha value is 0.0700. The van der Waals surface area contributed by atoms with Crippen molar-refractivity contribution in [3.05, 3.63) is 16.1 Å². The lowest BCUT2D eigenvalue weighted by Gasteiger charge is -2.26. The Bertz CT molecular complexity index is 302. The molecule has 0 radical (unpaired) electrons. The fourth-order valence-electron chi connectivity index (χ4n) is 1.73.